The summed E-state index contributed by atoms with van der Waals surface area (Å²) >= 11 is 1.41. The Morgan fingerprint density at radius 3 is 2.71 bits per heavy atom. The first kappa shape index (κ1) is 13.5. The molecule has 0 bridgehead atoms. The second kappa shape index (κ2) is 5.88. The highest BCUT2D eigenvalue weighted by Crippen LogP contribution is 2.20. The van der Waals surface area contributed by atoms with Crippen LogP contribution in [0.1, 0.15) is 22.4 Å². The summed E-state index contributed by atoms with van der Waals surface area (Å²) in [7, 11) is 0. The first-order valence-electron chi connectivity index (χ1n) is 6.54. The fraction of sp³-hybridized carbons (Fsp3) is 0.133. The predicted octanol–water partition coefficient (Wildman–Crippen LogP) is 3.61. The minimum absolute atomic E-state index is 0.108. The lowest BCUT2D eigenvalue weighted by Crippen LogP contribution is -2.09. The highest BCUT2D eigenvalue weighted by molar-refractivity contribution is 7.12. The number of hydrogen-bond donors (Lipinski definition) is 1. The van der Waals surface area contributed by atoms with E-state index in [1.165, 1.54) is 11.3 Å². The largest absolute Gasteiger partial charge is 0.334 e. The van der Waals surface area contributed by atoms with Gasteiger partial charge in [0.2, 0.25) is 0 Å². The summed E-state index contributed by atoms with van der Waals surface area (Å²) in [6, 6.07) is 11.0. The molecule has 0 saturated carbocycles. The monoisotopic (exact) mass is 299 g/mol. The van der Waals surface area contributed by atoms with Crippen molar-refractivity contribution in [1.82, 2.24) is 10.1 Å². The summed E-state index contributed by atoms with van der Waals surface area (Å²) < 4.78 is 5.17. The topological polar surface area (TPSA) is 68.0 Å². The molecular formula is C15H13N3O2S. The van der Waals surface area contributed by atoms with Crippen LogP contribution in [0.15, 0.2) is 46.3 Å². The van der Waals surface area contributed by atoms with E-state index in [1.54, 1.807) is 6.07 Å². The number of nitrogens with one attached hydrogen (secondary N) is 1. The third-order valence-corrected chi connectivity index (χ3v) is 3.79. The molecule has 0 atom stereocenters. The molecule has 0 spiro atoms. The molecule has 0 fully saturated rings. The maximum Gasteiger partial charge on any atom is 0.265 e. The van der Waals surface area contributed by atoms with Crippen LogP contribution in [-0.4, -0.2) is 16.0 Å². The Labute approximate surface area is 125 Å². The highest BCUT2D eigenvalue weighted by atomic mass is 32.1. The van der Waals surface area contributed by atoms with Gasteiger partial charge in [-0.05, 0) is 35.7 Å². The summed E-state index contributed by atoms with van der Waals surface area (Å²) in [6.07, 6.45) is 0.735. The number of anilines is 1. The normalized spacial score (nSPS) is 10.5. The molecule has 0 aliphatic carbocycles. The van der Waals surface area contributed by atoms with E-state index in [0.717, 1.165) is 17.7 Å². The van der Waals surface area contributed by atoms with E-state index >= 15 is 0 Å². The smallest absolute Gasteiger partial charge is 0.265 e. The van der Waals surface area contributed by atoms with Gasteiger partial charge in [-0.25, -0.2) is 0 Å². The van der Waals surface area contributed by atoms with E-state index in [1.807, 2.05) is 42.6 Å². The van der Waals surface area contributed by atoms with E-state index in [9.17, 15) is 4.79 Å². The van der Waals surface area contributed by atoms with E-state index in [0.29, 0.717) is 16.6 Å². The van der Waals surface area contributed by atoms with Crippen molar-refractivity contribution in [2.24, 2.45) is 0 Å². The summed E-state index contributed by atoms with van der Waals surface area (Å²) in [4.78, 5) is 16.9. The van der Waals surface area contributed by atoms with Crippen molar-refractivity contribution in [3.05, 3.63) is 52.5 Å². The van der Waals surface area contributed by atoms with Crippen LogP contribution in [0.25, 0.3) is 11.5 Å². The summed E-state index contributed by atoms with van der Waals surface area (Å²) in [6.45, 7) is 1.97. The SMILES string of the molecule is CCc1noc(-c2ccc(NC(=O)c3cccs3)cc2)n1. The van der Waals surface area contributed by atoms with Crippen LogP contribution in [0.3, 0.4) is 0 Å². The van der Waals surface area contributed by atoms with Gasteiger partial charge in [-0.15, -0.1) is 11.3 Å². The third kappa shape index (κ3) is 3.00. The number of carbonyl (C=O) groups is 1. The van der Waals surface area contributed by atoms with E-state index in [4.69, 9.17) is 4.52 Å². The third-order valence-electron chi connectivity index (χ3n) is 2.92. The van der Waals surface area contributed by atoms with Crippen LogP contribution in [0.2, 0.25) is 0 Å². The molecule has 106 valence electrons. The lowest BCUT2D eigenvalue weighted by Gasteiger charge is -2.03. The number of aromatic nitrogens is 2. The van der Waals surface area contributed by atoms with Gasteiger partial charge in [-0.3, -0.25) is 4.79 Å². The average molecular weight is 299 g/mol. The maximum absolute atomic E-state index is 11.9. The Kier molecular flexibility index (Phi) is 3.79. The van der Waals surface area contributed by atoms with E-state index in [2.05, 4.69) is 15.5 Å². The van der Waals surface area contributed by atoms with Gasteiger partial charge in [0, 0.05) is 17.7 Å². The Balaban J connectivity index is 1.73. The molecule has 0 radical (unpaired) electrons. The molecule has 5 nitrogen and oxygen atoms in total. The van der Waals surface area contributed by atoms with Crippen LogP contribution in [0.5, 0.6) is 0 Å². The molecule has 3 aromatic rings. The number of aryl methyl sites for hydroxylation is 1. The highest BCUT2D eigenvalue weighted by Gasteiger charge is 2.09. The zero-order valence-electron chi connectivity index (χ0n) is 11.4. The molecule has 2 heterocycles. The van der Waals surface area contributed by atoms with Gasteiger partial charge in [0.15, 0.2) is 5.82 Å². The fourth-order valence-corrected chi connectivity index (χ4v) is 2.43. The molecule has 0 saturated heterocycles. The minimum atomic E-state index is -0.108. The molecule has 1 N–H and O–H groups in total. The number of thiophene rings is 1. The fourth-order valence-electron chi connectivity index (χ4n) is 1.81. The lowest BCUT2D eigenvalue weighted by atomic mass is 10.2. The standard InChI is InChI=1S/C15H13N3O2S/c1-2-13-17-15(20-18-13)10-5-7-11(8-6-10)16-14(19)12-4-3-9-21-12/h3-9H,2H2,1H3,(H,16,19). The number of rotatable bonds is 4. The van der Waals surface area contributed by atoms with Crippen molar-refractivity contribution in [2.75, 3.05) is 5.32 Å². The lowest BCUT2D eigenvalue weighted by molar-refractivity contribution is 0.103. The second-order valence-electron chi connectivity index (χ2n) is 4.38. The van der Waals surface area contributed by atoms with Gasteiger partial charge in [-0.1, -0.05) is 18.1 Å². The first-order chi connectivity index (χ1) is 10.3. The van der Waals surface area contributed by atoms with Gasteiger partial charge in [0.05, 0.1) is 4.88 Å². The van der Waals surface area contributed by atoms with Gasteiger partial charge in [0.25, 0.3) is 11.8 Å². The molecule has 0 aliphatic heterocycles. The molecule has 1 aromatic carbocycles. The quantitative estimate of drug-likeness (QED) is 0.799. The van der Waals surface area contributed by atoms with Gasteiger partial charge >= 0.3 is 0 Å². The maximum atomic E-state index is 11.9. The van der Waals surface area contributed by atoms with Crippen LogP contribution >= 0.6 is 11.3 Å². The Bertz CT molecular complexity index is 733. The minimum Gasteiger partial charge on any atom is -0.334 e. The molecule has 0 unspecified atom stereocenters. The van der Waals surface area contributed by atoms with Crippen molar-refractivity contribution in [2.45, 2.75) is 13.3 Å². The molecule has 21 heavy (non-hydrogen) atoms. The molecule has 6 heteroatoms. The summed E-state index contributed by atoms with van der Waals surface area (Å²) in [5, 5.41) is 8.58. The zero-order valence-corrected chi connectivity index (χ0v) is 12.2. The van der Waals surface area contributed by atoms with Crippen LogP contribution in [0, 0.1) is 0 Å². The first-order valence-corrected chi connectivity index (χ1v) is 7.42. The van der Waals surface area contributed by atoms with Gasteiger partial charge in [0.1, 0.15) is 0 Å². The van der Waals surface area contributed by atoms with Crippen molar-refractivity contribution < 1.29 is 9.32 Å². The Hall–Kier alpha value is -2.47. The van der Waals surface area contributed by atoms with Crippen LogP contribution in [0.4, 0.5) is 5.69 Å². The summed E-state index contributed by atoms with van der Waals surface area (Å²) in [5.74, 6) is 1.06. The number of benzene rings is 1. The zero-order chi connectivity index (χ0) is 14.7. The molecule has 0 aliphatic rings. The van der Waals surface area contributed by atoms with E-state index < -0.39 is 0 Å². The van der Waals surface area contributed by atoms with Crippen LogP contribution in [-0.2, 0) is 6.42 Å². The predicted molar refractivity (Wildman–Crippen MR) is 81.4 cm³/mol. The van der Waals surface area contributed by atoms with Crippen molar-refractivity contribution >= 4 is 22.9 Å². The molecular weight excluding hydrogens is 286 g/mol. The van der Waals surface area contributed by atoms with Gasteiger partial charge in [-0.2, -0.15) is 4.98 Å². The number of nitrogens with zero attached hydrogens (tertiary/aromatic N) is 2. The number of amides is 1. The van der Waals surface area contributed by atoms with Gasteiger partial charge < -0.3 is 9.84 Å². The van der Waals surface area contributed by atoms with Crippen molar-refractivity contribution in [1.29, 1.82) is 0 Å². The van der Waals surface area contributed by atoms with Crippen LogP contribution < -0.4 is 5.32 Å². The van der Waals surface area contributed by atoms with Crippen molar-refractivity contribution in [3.63, 3.8) is 0 Å². The Morgan fingerprint density at radius 2 is 2.10 bits per heavy atom. The number of carbonyl (C=O) groups excluding carboxylic acids is 1. The molecule has 1 amide bonds. The molecule has 2 aromatic heterocycles. The average Bonchev–Trinajstić information content (AvgIpc) is 3.19. The van der Waals surface area contributed by atoms with E-state index in [-0.39, 0.29) is 5.91 Å². The second-order valence-corrected chi connectivity index (χ2v) is 5.33. The molecule has 3 rings (SSSR count). The number of hydrogen-bond acceptors (Lipinski definition) is 5. The summed E-state index contributed by atoms with van der Waals surface area (Å²) in [5.41, 5.74) is 1.56. The Morgan fingerprint density at radius 1 is 1.29 bits per heavy atom. The van der Waals surface area contributed by atoms with Crippen molar-refractivity contribution in [3.8, 4) is 11.5 Å².